The number of fused-ring (bicyclic) bond motifs is 1. The number of phenolic OH excluding ortho intramolecular Hbond substituents is 1. The molecule has 1 amide bonds. The van der Waals surface area contributed by atoms with Crippen LogP contribution < -0.4 is 15.9 Å². The molecule has 5 heterocycles. The topological polar surface area (TPSA) is 126 Å². The van der Waals surface area contributed by atoms with Crippen molar-refractivity contribution >= 4 is 22.8 Å². The highest BCUT2D eigenvalue weighted by molar-refractivity contribution is 5.91. The standard InChI is InChI=1S/C30H31F2N7O3/c1-15(2)24-26(16(3)8-9-33-24)39-28-18(12-20(32)25(35-28)23-19(31)6-5-7-22(23)40)27(36-30(39)42)38-11-10-37(14-17(38)4)29(41)21-13-34-21/h5-9,12,15,17,21,34,40H,10-11,13-14H2,1-4H3. The van der Waals surface area contributed by atoms with Gasteiger partial charge in [0.1, 0.15) is 23.1 Å². The molecular formula is C30H31F2N7O3. The number of carbonyl (C=O) groups is 1. The van der Waals surface area contributed by atoms with E-state index in [0.717, 1.165) is 11.6 Å². The number of amides is 1. The second-order valence-corrected chi connectivity index (χ2v) is 11.2. The number of nitrogens with one attached hydrogen (secondary N) is 1. The molecule has 0 spiro atoms. The third kappa shape index (κ3) is 4.65. The van der Waals surface area contributed by atoms with Gasteiger partial charge in [0.15, 0.2) is 11.5 Å². The molecule has 0 aliphatic carbocycles. The second kappa shape index (κ2) is 10.4. The maximum atomic E-state index is 15.8. The highest BCUT2D eigenvalue weighted by Gasteiger charge is 2.37. The molecule has 0 radical (unpaired) electrons. The lowest BCUT2D eigenvalue weighted by Crippen LogP contribution is -2.55. The van der Waals surface area contributed by atoms with Crippen LogP contribution in [0.4, 0.5) is 14.6 Å². The molecule has 2 atom stereocenters. The van der Waals surface area contributed by atoms with Crippen LogP contribution in [0.2, 0.25) is 0 Å². The maximum absolute atomic E-state index is 15.8. The number of phenols is 1. The number of carbonyl (C=O) groups excluding carboxylic acids is 1. The number of hydrogen-bond donors (Lipinski definition) is 2. The molecule has 2 unspecified atom stereocenters. The summed E-state index contributed by atoms with van der Waals surface area (Å²) < 4.78 is 32.1. The average molecular weight is 576 g/mol. The van der Waals surface area contributed by atoms with E-state index in [1.165, 1.54) is 22.8 Å². The number of aromatic nitrogens is 4. The van der Waals surface area contributed by atoms with Gasteiger partial charge in [0.2, 0.25) is 5.91 Å². The minimum atomic E-state index is -0.885. The molecule has 218 valence electrons. The van der Waals surface area contributed by atoms with Crippen LogP contribution in [0.25, 0.3) is 28.0 Å². The summed E-state index contributed by atoms with van der Waals surface area (Å²) in [5.41, 5.74) is 0.351. The van der Waals surface area contributed by atoms with E-state index in [1.807, 2.05) is 32.6 Å². The van der Waals surface area contributed by atoms with Gasteiger partial charge in [-0.3, -0.25) is 9.78 Å². The van der Waals surface area contributed by atoms with Crippen molar-refractivity contribution in [1.82, 2.24) is 29.7 Å². The second-order valence-electron chi connectivity index (χ2n) is 11.2. The minimum absolute atomic E-state index is 0.0325. The van der Waals surface area contributed by atoms with Crippen molar-refractivity contribution in [2.45, 2.75) is 45.7 Å². The van der Waals surface area contributed by atoms with E-state index in [1.54, 1.807) is 17.2 Å². The fourth-order valence-electron chi connectivity index (χ4n) is 5.66. The molecule has 3 aromatic heterocycles. The number of halogens is 2. The largest absolute Gasteiger partial charge is 0.507 e. The highest BCUT2D eigenvalue weighted by atomic mass is 19.1. The van der Waals surface area contributed by atoms with Crippen molar-refractivity contribution in [2.75, 3.05) is 31.1 Å². The van der Waals surface area contributed by atoms with Gasteiger partial charge < -0.3 is 20.2 Å². The van der Waals surface area contributed by atoms with Crippen LogP contribution in [-0.4, -0.2) is 73.7 Å². The zero-order chi connectivity index (χ0) is 29.9. The van der Waals surface area contributed by atoms with Crippen LogP contribution >= 0.6 is 0 Å². The fourth-order valence-corrected chi connectivity index (χ4v) is 5.66. The monoisotopic (exact) mass is 575 g/mol. The van der Waals surface area contributed by atoms with E-state index >= 15 is 4.39 Å². The Morgan fingerprint density at radius 1 is 1.14 bits per heavy atom. The normalized spacial score (nSPS) is 18.6. The molecule has 0 bridgehead atoms. The first-order valence-electron chi connectivity index (χ1n) is 13.9. The van der Waals surface area contributed by atoms with Gasteiger partial charge in [-0.2, -0.15) is 4.98 Å². The van der Waals surface area contributed by atoms with E-state index in [2.05, 4.69) is 20.3 Å². The first kappa shape index (κ1) is 27.7. The predicted octanol–water partition coefficient (Wildman–Crippen LogP) is 3.27. The van der Waals surface area contributed by atoms with Gasteiger partial charge >= 0.3 is 5.69 Å². The molecule has 0 saturated carbocycles. The Morgan fingerprint density at radius 3 is 2.57 bits per heavy atom. The maximum Gasteiger partial charge on any atom is 0.355 e. The van der Waals surface area contributed by atoms with Crippen LogP contribution in [0.1, 0.15) is 37.9 Å². The molecule has 10 nitrogen and oxygen atoms in total. The number of benzene rings is 1. The summed E-state index contributed by atoms with van der Waals surface area (Å²) >= 11 is 0. The Kier molecular flexibility index (Phi) is 6.88. The van der Waals surface area contributed by atoms with Crippen molar-refractivity contribution < 1.29 is 18.7 Å². The Bertz CT molecular complexity index is 1770. The van der Waals surface area contributed by atoms with E-state index < -0.39 is 34.3 Å². The number of aryl methyl sites for hydroxylation is 1. The molecular weight excluding hydrogens is 544 g/mol. The molecule has 42 heavy (non-hydrogen) atoms. The molecule has 6 rings (SSSR count). The molecule has 2 fully saturated rings. The van der Waals surface area contributed by atoms with Gasteiger partial charge in [-0.1, -0.05) is 19.9 Å². The first-order valence-corrected chi connectivity index (χ1v) is 13.9. The number of anilines is 1. The van der Waals surface area contributed by atoms with Crippen LogP contribution in [0.5, 0.6) is 5.75 Å². The number of piperazine rings is 1. The van der Waals surface area contributed by atoms with Crippen LogP contribution in [0.15, 0.2) is 41.3 Å². The number of aromatic hydroxyl groups is 1. The lowest BCUT2D eigenvalue weighted by atomic mass is 10.0. The van der Waals surface area contributed by atoms with E-state index in [9.17, 15) is 19.1 Å². The summed E-state index contributed by atoms with van der Waals surface area (Å²) in [4.78, 5) is 43.7. The van der Waals surface area contributed by atoms with Gasteiger partial charge in [0.05, 0.1) is 28.4 Å². The zero-order valence-corrected chi connectivity index (χ0v) is 23.7. The summed E-state index contributed by atoms with van der Waals surface area (Å²) in [6.07, 6.45) is 1.65. The van der Waals surface area contributed by atoms with Crippen molar-refractivity contribution in [3.8, 4) is 22.7 Å². The van der Waals surface area contributed by atoms with Crippen LogP contribution in [0.3, 0.4) is 0 Å². The van der Waals surface area contributed by atoms with Crippen molar-refractivity contribution in [3.05, 3.63) is 69.9 Å². The predicted molar refractivity (Wildman–Crippen MR) is 154 cm³/mol. The number of nitrogens with zero attached hydrogens (tertiary/aromatic N) is 6. The Morgan fingerprint density at radius 2 is 1.90 bits per heavy atom. The molecule has 4 aromatic rings. The Balaban J connectivity index is 1.60. The zero-order valence-electron chi connectivity index (χ0n) is 23.7. The van der Waals surface area contributed by atoms with E-state index in [-0.39, 0.29) is 40.8 Å². The summed E-state index contributed by atoms with van der Waals surface area (Å²) in [7, 11) is 0. The van der Waals surface area contributed by atoms with Crippen molar-refractivity contribution in [3.63, 3.8) is 0 Å². The summed E-state index contributed by atoms with van der Waals surface area (Å²) in [5.74, 6) is -2.05. The van der Waals surface area contributed by atoms with E-state index in [0.29, 0.717) is 37.6 Å². The SMILES string of the molecule is Cc1ccnc(C(C)C)c1-n1c(=O)nc(N2CCN(C(=O)C3CN3)CC2C)c2cc(F)c(-c3c(O)cccc3F)nc21. The summed E-state index contributed by atoms with van der Waals surface area (Å²) in [5, 5.41) is 13.7. The first-order chi connectivity index (χ1) is 20.1. The smallest absolute Gasteiger partial charge is 0.355 e. The lowest BCUT2D eigenvalue weighted by Gasteiger charge is -2.41. The van der Waals surface area contributed by atoms with Crippen molar-refractivity contribution in [1.29, 1.82) is 0 Å². The van der Waals surface area contributed by atoms with Gasteiger partial charge in [-0.05, 0) is 49.6 Å². The van der Waals surface area contributed by atoms with Gasteiger partial charge in [-0.25, -0.2) is 23.1 Å². The van der Waals surface area contributed by atoms with Crippen LogP contribution in [0, 0.1) is 18.6 Å². The number of hydrogen-bond acceptors (Lipinski definition) is 8. The lowest BCUT2D eigenvalue weighted by molar-refractivity contribution is -0.131. The number of pyridine rings is 2. The third-order valence-electron chi connectivity index (χ3n) is 7.87. The number of rotatable bonds is 5. The molecule has 1 aromatic carbocycles. The van der Waals surface area contributed by atoms with E-state index in [4.69, 9.17) is 0 Å². The molecule has 2 aliphatic rings. The third-order valence-corrected chi connectivity index (χ3v) is 7.87. The Hall–Kier alpha value is -4.45. The summed E-state index contributed by atoms with van der Waals surface area (Å²) in [6, 6.07) is 6.20. The van der Waals surface area contributed by atoms with Gasteiger partial charge in [-0.15, -0.1) is 0 Å². The quantitative estimate of drug-likeness (QED) is 0.348. The van der Waals surface area contributed by atoms with Gasteiger partial charge in [0, 0.05) is 38.4 Å². The average Bonchev–Trinajstić information content (AvgIpc) is 3.79. The molecule has 2 saturated heterocycles. The molecule has 2 N–H and O–H groups in total. The molecule has 12 heteroatoms. The fraction of sp³-hybridized carbons (Fsp3) is 0.367. The van der Waals surface area contributed by atoms with Crippen LogP contribution in [-0.2, 0) is 4.79 Å². The highest BCUT2D eigenvalue weighted by Crippen LogP contribution is 2.36. The van der Waals surface area contributed by atoms with Gasteiger partial charge in [0.25, 0.3) is 0 Å². The molecule has 2 aliphatic heterocycles. The Labute approximate surface area is 240 Å². The summed E-state index contributed by atoms with van der Waals surface area (Å²) in [6.45, 7) is 9.46. The minimum Gasteiger partial charge on any atom is -0.507 e. The van der Waals surface area contributed by atoms with Crippen molar-refractivity contribution in [2.24, 2.45) is 0 Å².